The predicted octanol–water partition coefficient (Wildman–Crippen LogP) is -20.3. The maximum Gasteiger partial charge on any atom is 0.217 e. The third-order valence-corrected chi connectivity index (χ3v) is 19.5. The van der Waals surface area contributed by atoms with Gasteiger partial charge in [-0.15, -0.1) is 0 Å². The summed E-state index contributed by atoms with van der Waals surface area (Å²) in [7, 11) is 0. The Labute approximate surface area is 598 Å². The molecule has 0 aromatic carbocycles. The Hall–Kier alpha value is -2.82. The molecule has 9 saturated heterocycles. The first-order chi connectivity index (χ1) is 50.2. The smallest absolute Gasteiger partial charge is 0.217 e. The second kappa shape index (κ2) is 37.9. The molecule has 9 heterocycles. The topological polar surface area (TPSA) is 761 Å². The first-order valence-corrected chi connectivity index (χ1v) is 33.7. The van der Waals surface area contributed by atoms with Crippen LogP contribution in [0.15, 0.2) is 0 Å². The molecule has 48 heteroatoms. The number of nitrogens with one attached hydrogen (secondary N) is 2. The molecular weight excluding hydrogens is 1460 g/mol. The van der Waals surface area contributed by atoms with E-state index in [4.69, 9.17) is 80.5 Å². The summed E-state index contributed by atoms with van der Waals surface area (Å²) in [6.45, 7) is -7.48. The number of aliphatic hydroxyl groups excluding tert-OH is 27. The molecule has 29 N–H and O–H groups in total. The van der Waals surface area contributed by atoms with Crippen LogP contribution in [-0.2, 0) is 90.1 Å². The van der Waals surface area contributed by atoms with Gasteiger partial charge in [0, 0.05) is 13.8 Å². The number of ether oxygens (including phenoxy) is 17. The molecule has 9 rings (SSSR count). The summed E-state index contributed by atoms with van der Waals surface area (Å²) in [5.74, 6) is -1.70. The van der Waals surface area contributed by atoms with Crippen molar-refractivity contribution in [2.75, 3.05) is 59.5 Å². The minimum Gasteiger partial charge on any atom is -0.394 e. The fourth-order valence-corrected chi connectivity index (χ4v) is 13.5. The Balaban J connectivity index is 0.982. The van der Waals surface area contributed by atoms with Crippen LogP contribution in [0.2, 0.25) is 0 Å². The van der Waals surface area contributed by atoms with Crippen molar-refractivity contribution in [2.24, 2.45) is 0 Å². The molecule has 2 amide bonds. The number of hydrogen-bond donors (Lipinski definition) is 29. The van der Waals surface area contributed by atoms with Crippen LogP contribution in [0, 0.1) is 0 Å². The third-order valence-electron chi connectivity index (χ3n) is 19.5. The second-order valence-corrected chi connectivity index (χ2v) is 26.7. The van der Waals surface area contributed by atoms with Gasteiger partial charge in [-0.25, -0.2) is 0 Å². The number of hydrogen-bond acceptors (Lipinski definition) is 46. The first-order valence-electron chi connectivity index (χ1n) is 33.7. The van der Waals surface area contributed by atoms with E-state index >= 15 is 0 Å². The fraction of sp³-hybridized carbons (Fsp3) is 0.966. The lowest BCUT2D eigenvalue weighted by Crippen LogP contribution is -2.70. The van der Waals surface area contributed by atoms with Gasteiger partial charge in [0.15, 0.2) is 56.6 Å². The number of amides is 2. The Morgan fingerprint density at radius 3 is 0.953 bits per heavy atom. The summed E-state index contributed by atoms with van der Waals surface area (Å²) < 4.78 is 97.7. The van der Waals surface area contributed by atoms with Gasteiger partial charge in [-0.2, -0.15) is 0 Å². The molecule has 0 unspecified atom stereocenters. The van der Waals surface area contributed by atoms with Gasteiger partial charge in [-0.1, -0.05) is 0 Å². The van der Waals surface area contributed by atoms with Crippen LogP contribution in [-0.4, -0.2) is 485 Å². The number of carbonyl (C=O) groups excluding carboxylic acids is 2. The van der Waals surface area contributed by atoms with Crippen molar-refractivity contribution in [3.05, 3.63) is 0 Å². The SMILES string of the molecule is CC(=O)N[C@@H]1[C@@H](O)[C@H](O[C@@H]2O[C@H](CO)[C@@H](O[C@@H]3O[C@H](CO[C@H]4O[C@H](CO[C@H]5O[C@H](CO)[C@@H](O)[C@H](O[C@H]6O[C@H](CO)[C@@H](O)[C@H](O)[C@@H]6O)[C@@H]5O)[C@@H](O)[C@H](O)[C@@H]4O)[C@@H](O)[C@H](O[C@H]4O[C@H](CO)[C@@H](O)[C@H](O[C@H]5O[C@H](CO)[C@@H](O)[C@H](O)[C@@H]5O[C@H]5O[C@H](CO)[C@@H](O)[C@H](O)[C@@H]5O)[C@@H]4O)[C@@H]3O)[C@H](O)[C@H]2NC(C)=O)[C@@H](CO)O[C@H]1O. The lowest BCUT2D eigenvalue weighted by atomic mass is 9.94. The van der Waals surface area contributed by atoms with Crippen molar-refractivity contribution in [3.63, 3.8) is 0 Å². The maximum atomic E-state index is 12.9. The lowest BCUT2D eigenvalue weighted by molar-refractivity contribution is -0.401. The van der Waals surface area contributed by atoms with Crippen molar-refractivity contribution >= 4 is 11.8 Å². The Bertz CT molecular complexity index is 2710. The largest absolute Gasteiger partial charge is 0.394 e. The molecule has 106 heavy (non-hydrogen) atoms. The van der Waals surface area contributed by atoms with E-state index in [2.05, 4.69) is 10.6 Å². The van der Waals surface area contributed by atoms with Gasteiger partial charge >= 0.3 is 0 Å². The van der Waals surface area contributed by atoms with Crippen molar-refractivity contribution in [1.82, 2.24) is 10.6 Å². The van der Waals surface area contributed by atoms with E-state index < -0.39 is 348 Å². The third kappa shape index (κ3) is 18.7. The highest BCUT2D eigenvalue weighted by molar-refractivity contribution is 5.73. The minimum absolute atomic E-state index is 0.777. The Morgan fingerprint density at radius 1 is 0.245 bits per heavy atom. The van der Waals surface area contributed by atoms with E-state index in [0.29, 0.717) is 0 Å². The highest BCUT2D eigenvalue weighted by atomic mass is 16.8. The summed E-state index contributed by atoms with van der Waals surface area (Å²) >= 11 is 0. The molecule has 9 fully saturated rings. The summed E-state index contributed by atoms with van der Waals surface area (Å²) in [4.78, 5) is 24.9. The molecule has 0 saturated carbocycles. The highest BCUT2D eigenvalue weighted by Gasteiger charge is 2.60. The van der Waals surface area contributed by atoms with Gasteiger partial charge in [0.1, 0.15) is 220 Å². The van der Waals surface area contributed by atoms with E-state index in [0.717, 1.165) is 13.8 Å². The molecule has 9 aliphatic heterocycles. The molecule has 616 valence electrons. The van der Waals surface area contributed by atoms with Gasteiger partial charge in [0.25, 0.3) is 0 Å². The van der Waals surface area contributed by atoms with Crippen molar-refractivity contribution in [3.8, 4) is 0 Å². The molecular formula is C58H98N2O46. The second-order valence-electron chi connectivity index (χ2n) is 26.7. The average Bonchev–Trinajstić information content (AvgIpc) is 0.771. The van der Waals surface area contributed by atoms with Crippen LogP contribution in [0.1, 0.15) is 13.8 Å². The van der Waals surface area contributed by atoms with Crippen LogP contribution in [0.25, 0.3) is 0 Å². The molecule has 48 nitrogen and oxygen atoms in total. The predicted molar refractivity (Wildman–Crippen MR) is 320 cm³/mol. The van der Waals surface area contributed by atoms with Gasteiger partial charge < -0.3 is 229 Å². The highest BCUT2D eigenvalue weighted by Crippen LogP contribution is 2.39. The molecule has 9 aliphatic rings. The van der Waals surface area contributed by atoms with E-state index in [-0.39, 0.29) is 0 Å². The number of rotatable bonds is 27. The number of aliphatic hydroxyl groups is 27. The monoisotopic (exact) mass is 1560 g/mol. The Kier molecular flexibility index (Phi) is 31.1. The Morgan fingerprint density at radius 2 is 0.509 bits per heavy atom. The molecule has 0 bridgehead atoms. The molecule has 0 radical (unpaired) electrons. The van der Waals surface area contributed by atoms with Crippen molar-refractivity contribution < 1.29 is 228 Å². The zero-order chi connectivity index (χ0) is 77.9. The number of carbonyl (C=O) groups is 2. The van der Waals surface area contributed by atoms with Crippen LogP contribution < -0.4 is 10.6 Å². The normalized spacial score (nSPS) is 51.2. The summed E-state index contributed by atoms with van der Waals surface area (Å²) in [5.41, 5.74) is 0. The minimum atomic E-state index is -2.52. The van der Waals surface area contributed by atoms with E-state index in [9.17, 15) is 147 Å². The quantitative estimate of drug-likeness (QED) is 0.0363. The van der Waals surface area contributed by atoms with Crippen LogP contribution in [0.5, 0.6) is 0 Å². The molecule has 0 spiro atoms. The zero-order valence-corrected chi connectivity index (χ0v) is 56.2. The van der Waals surface area contributed by atoms with Crippen LogP contribution in [0.3, 0.4) is 0 Å². The van der Waals surface area contributed by atoms with Gasteiger partial charge in [-0.05, 0) is 0 Å². The molecule has 45 atom stereocenters. The van der Waals surface area contributed by atoms with Crippen LogP contribution in [0.4, 0.5) is 0 Å². The molecule has 0 aromatic heterocycles. The summed E-state index contributed by atoms with van der Waals surface area (Å²) in [6.07, 6.45) is -88.8. The maximum absolute atomic E-state index is 12.9. The van der Waals surface area contributed by atoms with E-state index in [1.54, 1.807) is 0 Å². The zero-order valence-electron chi connectivity index (χ0n) is 56.2. The first kappa shape index (κ1) is 87.2. The fourth-order valence-electron chi connectivity index (χ4n) is 13.5. The average molecular weight is 1560 g/mol. The summed E-state index contributed by atoms with van der Waals surface area (Å²) in [5, 5.41) is 300. The van der Waals surface area contributed by atoms with Gasteiger partial charge in [-0.3, -0.25) is 9.59 Å². The molecule has 0 aromatic rings. The van der Waals surface area contributed by atoms with Gasteiger partial charge in [0.05, 0.1) is 59.5 Å². The van der Waals surface area contributed by atoms with E-state index in [1.165, 1.54) is 0 Å². The van der Waals surface area contributed by atoms with Crippen molar-refractivity contribution in [2.45, 2.75) is 290 Å². The van der Waals surface area contributed by atoms with E-state index in [1.807, 2.05) is 0 Å². The standard InChI is InChI=1S/C58H98N2O46/c1-12(68)59-23-32(77)44(19(8-66)92-50(23)89)101-51-24(60-13(2)69)33(78)45(20(9-67)98-51)102-57-43(88)48(104-56-42(87)47(30(75)18(7-65)96-56)105-58-49(37(82)27(72)16(5-63)97-58)106-55-40(85)35(80)26(71)15(4-62)95-55)31(76)22(100-57)11-90-52-38(83)36(81)28(73)21(99-52)10-91-53-41(86)46(29(74)17(6-64)93-53)103-54-39(84)34(79)25(70)14(3-61)94-54/h14-58,61-67,70-89H,3-11H2,1-2H3,(H,59,68)(H,60,69)/t14-,15-,16-,17-,18-,19-,20-,21-,22-,23-,24-,25-,26-,27-,28-,29-,30-,31-,32-,33-,34+,35+,36+,37+,38+,39+,40+,41+,42+,43+,44-,45-,46+,47+,48+,49+,50-,51+,52+,53+,54-,55-,56-,57+,58-/m1/s1. The molecule has 0 aliphatic carbocycles. The lowest BCUT2D eigenvalue weighted by Gasteiger charge is -2.50. The van der Waals surface area contributed by atoms with Crippen LogP contribution >= 0.6 is 0 Å². The van der Waals surface area contributed by atoms with Gasteiger partial charge in [0.2, 0.25) is 11.8 Å². The summed E-state index contributed by atoms with van der Waals surface area (Å²) in [6, 6.07) is -3.52. The van der Waals surface area contributed by atoms with Crippen molar-refractivity contribution in [1.29, 1.82) is 0 Å².